The zero-order valence-electron chi connectivity index (χ0n) is 15.7. The number of carbonyl (C=O) groups is 2. The van der Waals surface area contributed by atoms with E-state index in [1.165, 1.54) is 5.56 Å². The molecule has 1 amide bonds. The SMILES string of the molecule is CC(=O)c1ccc(Nc2ccc(C(=O)N3CCCc4ccccc43)cn2)cc1. The van der Waals surface area contributed by atoms with Crippen LogP contribution in [0.5, 0.6) is 0 Å². The van der Waals surface area contributed by atoms with Crippen molar-refractivity contribution in [3.05, 3.63) is 83.6 Å². The summed E-state index contributed by atoms with van der Waals surface area (Å²) in [7, 11) is 0. The normalized spacial score (nSPS) is 13.0. The fourth-order valence-electron chi connectivity index (χ4n) is 3.43. The fourth-order valence-corrected chi connectivity index (χ4v) is 3.43. The van der Waals surface area contributed by atoms with Gasteiger partial charge in [-0.1, -0.05) is 18.2 Å². The van der Waals surface area contributed by atoms with Crippen LogP contribution in [-0.2, 0) is 6.42 Å². The second kappa shape index (κ2) is 7.64. The molecule has 2 aromatic carbocycles. The standard InChI is InChI=1S/C23H21N3O2/c1-16(27)17-8-11-20(12-9-17)25-22-13-10-19(15-24-22)23(28)26-14-4-6-18-5-2-3-7-21(18)26/h2-3,5,7-13,15H,4,6,14H2,1H3,(H,24,25). The highest BCUT2D eigenvalue weighted by Gasteiger charge is 2.23. The van der Waals surface area contributed by atoms with Crippen LogP contribution in [0.1, 0.15) is 39.6 Å². The van der Waals surface area contributed by atoms with Crippen molar-refractivity contribution in [2.24, 2.45) is 0 Å². The van der Waals surface area contributed by atoms with Crippen molar-refractivity contribution in [2.45, 2.75) is 19.8 Å². The largest absolute Gasteiger partial charge is 0.340 e. The third-order valence-corrected chi connectivity index (χ3v) is 4.93. The first kappa shape index (κ1) is 17.9. The number of para-hydroxylation sites is 1. The highest BCUT2D eigenvalue weighted by Crippen LogP contribution is 2.28. The molecule has 1 N–H and O–H groups in total. The molecule has 5 nitrogen and oxygen atoms in total. The second-order valence-corrected chi connectivity index (χ2v) is 6.88. The predicted octanol–water partition coefficient (Wildman–Crippen LogP) is 4.62. The molecular weight excluding hydrogens is 350 g/mol. The third-order valence-electron chi connectivity index (χ3n) is 4.93. The van der Waals surface area contributed by atoms with E-state index in [0.29, 0.717) is 16.9 Å². The lowest BCUT2D eigenvalue weighted by molar-refractivity contribution is 0.0982. The Morgan fingerprint density at radius 1 is 0.964 bits per heavy atom. The number of pyridine rings is 1. The topological polar surface area (TPSA) is 62.3 Å². The fraction of sp³-hybridized carbons (Fsp3) is 0.174. The number of ketones is 1. The van der Waals surface area contributed by atoms with Crippen LogP contribution in [0.25, 0.3) is 0 Å². The van der Waals surface area contributed by atoms with Gasteiger partial charge in [-0.15, -0.1) is 0 Å². The van der Waals surface area contributed by atoms with Crippen molar-refractivity contribution in [3.8, 4) is 0 Å². The van der Waals surface area contributed by atoms with E-state index in [-0.39, 0.29) is 11.7 Å². The monoisotopic (exact) mass is 371 g/mol. The number of aryl methyl sites for hydroxylation is 1. The molecule has 0 unspecified atom stereocenters. The molecule has 4 rings (SSSR count). The first-order valence-corrected chi connectivity index (χ1v) is 9.36. The number of anilines is 3. The summed E-state index contributed by atoms with van der Waals surface area (Å²) in [4.78, 5) is 30.5. The first-order chi connectivity index (χ1) is 13.6. The van der Waals surface area contributed by atoms with Gasteiger partial charge < -0.3 is 10.2 Å². The lowest BCUT2D eigenvalue weighted by Gasteiger charge is -2.29. The van der Waals surface area contributed by atoms with Crippen molar-refractivity contribution < 1.29 is 9.59 Å². The molecule has 1 aliphatic rings. The molecule has 0 saturated carbocycles. The molecule has 0 radical (unpaired) electrons. The summed E-state index contributed by atoms with van der Waals surface area (Å²) < 4.78 is 0. The van der Waals surface area contributed by atoms with Gasteiger partial charge in [-0.25, -0.2) is 4.98 Å². The van der Waals surface area contributed by atoms with E-state index in [1.54, 1.807) is 37.4 Å². The summed E-state index contributed by atoms with van der Waals surface area (Å²) in [5.74, 6) is 0.648. The predicted molar refractivity (Wildman–Crippen MR) is 110 cm³/mol. The summed E-state index contributed by atoms with van der Waals surface area (Å²) in [6, 6.07) is 18.9. The first-order valence-electron chi connectivity index (χ1n) is 9.36. The van der Waals surface area contributed by atoms with Crippen LogP contribution in [0.3, 0.4) is 0 Å². The molecule has 0 saturated heterocycles. The number of amides is 1. The van der Waals surface area contributed by atoms with Crippen LogP contribution >= 0.6 is 0 Å². The summed E-state index contributed by atoms with van der Waals surface area (Å²) in [6.45, 7) is 2.26. The molecule has 1 aliphatic heterocycles. The van der Waals surface area contributed by atoms with Crippen LogP contribution in [0, 0.1) is 0 Å². The minimum atomic E-state index is -0.0305. The van der Waals surface area contributed by atoms with Gasteiger partial charge in [-0.05, 0) is 67.8 Å². The van der Waals surface area contributed by atoms with Crippen molar-refractivity contribution in [1.29, 1.82) is 0 Å². The lowest BCUT2D eigenvalue weighted by atomic mass is 10.0. The van der Waals surface area contributed by atoms with Gasteiger partial charge in [0.05, 0.1) is 5.56 Å². The Labute approximate surface area is 164 Å². The van der Waals surface area contributed by atoms with Gasteiger partial charge in [0, 0.05) is 29.7 Å². The third kappa shape index (κ3) is 3.64. The van der Waals surface area contributed by atoms with Crippen molar-refractivity contribution in [3.63, 3.8) is 0 Å². The van der Waals surface area contributed by atoms with Crippen molar-refractivity contribution in [2.75, 3.05) is 16.8 Å². The Kier molecular flexibility index (Phi) is 4.89. The molecule has 0 bridgehead atoms. The second-order valence-electron chi connectivity index (χ2n) is 6.88. The molecular formula is C23H21N3O2. The van der Waals surface area contributed by atoms with E-state index in [9.17, 15) is 9.59 Å². The lowest BCUT2D eigenvalue weighted by Crippen LogP contribution is -2.35. The zero-order chi connectivity index (χ0) is 19.5. The zero-order valence-corrected chi connectivity index (χ0v) is 15.7. The van der Waals surface area contributed by atoms with Crippen LogP contribution < -0.4 is 10.2 Å². The molecule has 5 heteroatoms. The number of Topliss-reactive ketones (excluding diaryl/α,β-unsaturated/α-hetero) is 1. The summed E-state index contributed by atoms with van der Waals surface area (Å²) >= 11 is 0. The minimum absolute atomic E-state index is 0.0305. The van der Waals surface area contributed by atoms with Gasteiger partial charge >= 0.3 is 0 Å². The average molecular weight is 371 g/mol. The van der Waals surface area contributed by atoms with Crippen LogP contribution in [0.4, 0.5) is 17.2 Å². The Hall–Kier alpha value is -3.47. The highest BCUT2D eigenvalue weighted by atomic mass is 16.2. The van der Waals surface area contributed by atoms with E-state index in [2.05, 4.69) is 16.4 Å². The number of fused-ring (bicyclic) bond motifs is 1. The van der Waals surface area contributed by atoms with Gasteiger partial charge in [0.15, 0.2) is 5.78 Å². The van der Waals surface area contributed by atoms with E-state index in [1.807, 2.05) is 35.2 Å². The Morgan fingerprint density at radius 2 is 1.71 bits per heavy atom. The number of rotatable bonds is 4. The quantitative estimate of drug-likeness (QED) is 0.680. The van der Waals surface area contributed by atoms with Gasteiger partial charge in [0.25, 0.3) is 5.91 Å². The van der Waals surface area contributed by atoms with E-state index in [0.717, 1.165) is 30.8 Å². The van der Waals surface area contributed by atoms with E-state index >= 15 is 0 Å². The molecule has 140 valence electrons. The van der Waals surface area contributed by atoms with Crippen LogP contribution in [-0.4, -0.2) is 23.2 Å². The molecule has 1 aromatic heterocycles. The van der Waals surface area contributed by atoms with Gasteiger partial charge in [-0.3, -0.25) is 9.59 Å². The number of nitrogens with one attached hydrogen (secondary N) is 1. The van der Waals surface area contributed by atoms with E-state index in [4.69, 9.17) is 0 Å². The number of nitrogens with zero attached hydrogens (tertiary/aromatic N) is 2. The smallest absolute Gasteiger partial charge is 0.259 e. The molecule has 0 spiro atoms. The number of hydrogen-bond donors (Lipinski definition) is 1. The number of carbonyl (C=O) groups excluding carboxylic acids is 2. The van der Waals surface area contributed by atoms with Crippen molar-refractivity contribution >= 4 is 28.9 Å². The number of hydrogen-bond acceptors (Lipinski definition) is 4. The van der Waals surface area contributed by atoms with Gasteiger partial charge in [0.2, 0.25) is 0 Å². The molecule has 28 heavy (non-hydrogen) atoms. The molecule has 0 fully saturated rings. The van der Waals surface area contributed by atoms with Gasteiger partial charge in [0.1, 0.15) is 5.82 Å². The number of aromatic nitrogens is 1. The highest BCUT2D eigenvalue weighted by molar-refractivity contribution is 6.06. The van der Waals surface area contributed by atoms with Crippen LogP contribution in [0.15, 0.2) is 66.9 Å². The Balaban J connectivity index is 1.49. The Bertz CT molecular complexity index is 1010. The van der Waals surface area contributed by atoms with Crippen molar-refractivity contribution in [1.82, 2.24) is 4.98 Å². The summed E-state index contributed by atoms with van der Waals surface area (Å²) in [5, 5.41) is 3.18. The Morgan fingerprint density at radius 3 is 2.43 bits per heavy atom. The maximum Gasteiger partial charge on any atom is 0.259 e. The maximum absolute atomic E-state index is 13.0. The molecule has 0 atom stereocenters. The maximum atomic E-state index is 13.0. The molecule has 0 aliphatic carbocycles. The molecule has 3 aromatic rings. The van der Waals surface area contributed by atoms with E-state index < -0.39 is 0 Å². The average Bonchev–Trinajstić information content (AvgIpc) is 2.74. The molecule has 2 heterocycles. The van der Waals surface area contributed by atoms with Gasteiger partial charge in [-0.2, -0.15) is 0 Å². The summed E-state index contributed by atoms with van der Waals surface area (Å²) in [5.41, 5.74) is 4.27. The summed E-state index contributed by atoms with van der Waals surface area (Å²) in [6.07, 6.45) is 3.57. The minimum Gasteiger partial charge on any atom is -0.340 e. The number of benzene rings is 2. The van der Waals surface area contributed by atoms with Crippen LogP contribution in [0.2, 0.25) is 0 Å².